The minimum Gasteiger partial charge on any atom is -0.478 e. The number of alkyl halides is 3. The Bertz CT molecular complexity index is 534. The van der Waals surface area contributed by atoms with Crippen LogP contribution in [0.15, 0.2) is 18.2 Å². The molecule has 0 heterocycles. The van der Waals surface area contributed by atoms with Gasteiger partial charge in [0.25, 0.3) is 0 Å². The number of anilines is 1. The van der Waals surface area contributed by atoms with Crippen molar-refractivity contribution < 1.29 is 32.6 Å². The van der Waals surface area contributed by atoms with Crippen molar-refractivity contribution in [2.45, 2.75) is 12.1 Å². The maximum absolute atomic E-state index is 12.0. The van der Waals surface area contributed by atoms with Gasteiger partial charge in [-0.05, 0) is 35.5 Å². The van der Waals surface area contributed by atoms with Gasteiger partial charge in [0, 0.05) is 12.8 Å². The first-order valence-corrected chi connectivity index (χ1v) is 6.56. The number of thioether (sulfide) groups is 1. The number of rotatable bonds is 6. The Morgan fingerprint density at radius 1 is 1.33 bits per heavy atom. The fourth-order valence-electron chi connectivity index (χ4n) is 1.48. The second-order valence-electron chi connectivity index (χ2n) is 3.94. The van der Waals surface area contributed by atoms with Gasteiger partial charge in [-0.3, -0.25) is 4.79 Å². The number of carboxylic acids is 1. The van der Waals surface area contributed by atoms with E-state index in [-0.39, 0.29) is 17.9 Å². The molecular formula is C12H12F3NO4S. The Balaban J connectivity index is 2.81. The lowest BCUT2D eigenvalue weighted by Gasteiger charge is -2.10. The van der Waals surface area contributed by atoms with Crippen LogP contribution in [0, 0.1) is 0 Å². The summed E-state index contributed by atoms with van der Waals surface area (Å²) < 4.78 is 40.8. The van der Waals surface area contributed by atoms with Crippen LogP contribution in [0.25, 0.3) is 0 Å². The summed E-state index contributed by atoms with van der Waals surface area (Å²) in [5.74, 6) is -2.89. The van der Waals surface area contributed by atoms with Crippen molar-refractivity contribution in [3.05, 3.63) is 29.3 Å². The SMILES string of the molecule is COCc1cc(NC(=O)CSC(F)(F)F)cc(C(=O)O)c1. The summed E-state index contributed by atoms with van der Waals surface area (Å²) >= 11 is -0.467. The molecule has 0 fully saturated rings. The van der Waals surface area contributed by atoms with Crippen LogP contribution in [0.4, 0.5) is 18.9 Å². The molecule has 0 spiro atoms. The van der Waals surface area contributed by atoms with Gasteiger partial charge in [-0.1, -0.05) is 0 Å². The predicted molar refractivity (Wildman–Crippen MR) is 71.3 cm³/mol. The molecule has 0 atom stereocenters. The first-order chi connectivity index (χ1) is 9.71. The van der Waals surface area contributed by atoms with Crippen molar-refractivity contribution in [3.63, 3.8) is 0 Å². The zero-order chi connectivity index (χ0) is 16.0. The van der Waals surface area contributed by atoms with Crippen LogP contribution >= 0.6 is 11.8 Å². The number of benzene rings is 1. The minimum atomic E-state index is -4.50. The van der Waals surface area contributed by atoms with Gasteiger partial charge in [-0.2, -0.15) is 13.2 Å². The van der Waals surface area contributed by atoms with E-state index in [1.165, 1.54) is 19.2 Å². The fourth-order valence-corrected chi connectivity index (χ4v) is 1.85. The number of amides is 1. The molecule has 1 aromatic rings. The Morgan fingerprint density at radius 2 is 2.00 bits per heavy atom. The molecule has 21 heavy (non-hydrogen) atoms. The van der Waals surface area contributed by atoms with Crippen molar-refractivity contribution in [1.82, 2.24) is 0 Å². The van der Waals surface area contributed by atoms with Crippen LogP contribution in [-0.4, -0.2) is 35.4 Å². The van der Waals surface area contributed by atoms with E-state index in [0.717, 1.165) is 6.07 Å². The molecule has 0 saturated carbocycles. The highest BCUT2D eigenvalue weighted by Gasteiger charge is 2.29. The molecular weight excluding hydrogens is 311 g/mol. The Kier molecular flexibility index (Phi) is 6.03. The summed E-state index contributed by atoms with van der Waals surface area (Å²) in [4.78, 5) is 22.3. The van der Waals surface area contributed by atoms with E-state index in [4.69, 9.17) is 9.84 Å². The van der Waals surface area contributed by atoms with Gasteiger partial charge in [0.1, 0.15) is 0 Å². The number of carboxylic acid groups (broad SMARTS) is 1. The van der Waals surface area contributed by atoms with Crippen LogP contribution in [-0.2, 0) is 16.1 Å². The average molecular weight is 323 g/mol. The Morgan fingerprint density at radius 3 is 2.52 bits per heavy atom. The number of carbonyl (C=O) groups is 2. The maximum Gasteiger partial charge on any atom is 0.442 e. The molecule has 9 heteroatoms. The Hall–Kier alpha value is -1.74. The van der Waals surface area contributed by atoms with Crippen molar-refractivity contribution >= 4 is 29.3 Å². The Labute approximate surface area is 122 Å². The van der Waals surface area contributed by atoms with Crippen LogP contribution in [0.3, 0.4) is 0 Å². The standard InChI is InChI=1S/C12H12F3NO4S/c1-20-5-7-2-8(11(18)19)4-9(3-7)16-10(17)6-21-12(13,14)15/h2-4H,5-6H2,1H3,(H,16,17)(H,18,19). The van der Waals surface area contributed by atoms with Crippen LogP contribution < -0.4 is 5.32 Å². The molecule has 116 valence electrons. The van der Waals surface area contributed by atoms with Gasteiger partial charge in [0.2, 0.25) is 5.91 Å². The van der Waals surface area contributed by atoms with E-state index in [0.29, 0.717) is 5.56 Å². The third-order valence-corrected chi connectivity index (χ3v) is 2.94. The highest BCUT2D eigenvalue weighted by molar-refractivity contribution is 8.00. The van der Waals surface area contributed by atoms with Crippen molar-refractivity contribution in [2.75, 3.05) is 18.2 Å². The fraction of sp³-hybridized carbons (Fsp3) is 0.333. The number of halogens is 3. The molecule has 0 aliphatic rings. The van der Waals surface area contributed by atoms with Gasteiger partial charge in [0.05, 0.1) is 17.9 Å². The number of nitrogens with one attached hydrogen (secondary N) is 1. The quantitative estimate of drug-likeness (QED) is 0.842. The minimum absolute atomic E-state index is 0.0941. The highest BCUT2D eigenvalue weighted by atomic mass is 32.2. The number of carbonyl (C=O) groups excluding carboxylic acids is 1. The molecule has 0 aliphatic carbocycles. The lowest BCUT2D eigenvalue weighted by Crippen LogP contribution is -2.17. The average Bonchev–Trinajstić information content (AvgIpc) is 2.35. The molecule has 1 aromatic carbocycles. The van der Waals surface area contributed by atoms with Gasteiger partial charge < -0.3 is 15.2 Å². The van der Waals surface area contributed by atoms with E-state index in [2.05, 4.69) is 5.32 Å². The van der Waals surface area contributed by atoms with E-state index in [9.17, 15) is 22.8 Å². The highest BCUT2D eigenvalue weighted by Crippen LogP contribution is 2.30. The molecule has 0 aliphatic heterocycles. The van der Waals surface area contributed by atoms with Gasteiger partial charge >= 0.3 is 11.5 Å². The number of ether oxygens (including phenoxy) is 1. The second-order valence-corrected chi connectivity index (χ2v) is 4.98. The number of hydrogen-bond donors (Lipinski definition) is 2. The molecule has 0 saturated heterocycles. The summed E-state index contributed by atoms with van der Waals surface area (Å²) in [6.45, 7) is 0.112. The monoisotopic (exact) mass is 323 g/mol. The largest absolute Gasteiger partial charge is 0.478 e. The molecule has 1 rings (SSSR count). The van der Waals surface area contributed by atoms with Crippen LogP contribution in [0.2, 0.25) is 0 Å². The molecule has 0 aromatic heterocycles. The summed E-state index contributed by atoms with van der Waals surface area (Å²) in [7, 11) is 1.41. The molecule has 0 bridgehead atoms. The normalized spacial score (nSPS) is 11.2. The summed E-state index contributed by atoms with van der Waals surface area (Å²) in [6.07, 6.45) is 0. The van der Waals surface area contributed by atoms with E-state index < -0.39 is 34.9 Å². The van der Waals surface area contributed by atoms with E-state index in [1.807, 2.05) is 0 Å². The van der Waals surface area contributed by atoms with Gasteiger partial charge in [-0.25, -0.2) is 4.79 Å². The zero-order valence-corrected chi connectivity index (χ0v) is 11.7. The van der Waals surface area contributed by atoms with Gasteiger partial charge in [0.15, 0.2) is 0 Å². The topological polar surface area (TPSA) is 75.6 Å². The maximum atomic E-state index is 12.0. The van der Waals surface area contributed by atoms with Crippen molar-refractivity contribution in [3.8, 4) is 0 Å². The van der Waals surface area contributed by atoms with Crippen LogP contribution in [0.1, 0.15) is 15.9 Å². The molecule has 0 unspecified atom stereocenters. The summed E-state index contributed by atoms with van der Waals surface area (Å²) in [5.41, 5.74) is -4.00. The number of methoxy groups -OCH3 is 1. The lowest BCUT2D eigenvalue weighted by atomic mass is 10.1. The second kappa shape index (κ2) is 7.32. The third kappa shape index (κ3) is 6.50. The predicted octanol–water partition coefficient (Wildman–Crippen LogP) is 2.72. The zero-order valence-electron chi connectivity index (χ0n) is 10.9. The molecule has 2 N–H and O–H groups in total. The van der Waals surface area contributed by atoms with Gasteiger partial charge in [-0.15, -0.1) is 0 Å². The van der Waals surface area contributed by atoms with Crippen molar-refractivity contribution in [1.29, 1.82) is 0 Å². The van der Waals surface area contributed by atoms with E-state index in [1.54, 1.807) is 0 Å². The number of aromatic carboxylic acids is 1. The first kappa shape index (κ1) is 17.3. The van der Waals surface area contributed by atoms with E-state index >= 15 is 0 Å². The summed E-state index contributed by atoms with van der Waals surface area (Å²) in [6, 6.07) is 3.95. The molecule has 1 amide bonds. The molecule has 0 radical (unpaired) electrons. The third-order valence-electron chi connectivity index (χ3n) is 2.20. The smallest absolute Gasteiger partial charge is 0.442 e. The summed E-state index contributed by atoms with van der Waals surface area (Å²) in [5, 5.41) is 11.2. The van der Waals surface area contributed by atoms with Crippen LogP contribution in [0.5, 0.6) is 0 Å². The molecule has 5 nitrogen and oxygen atoms in total. The van der Waals surface area contributed by atoms with Crippen molar-refractivity contribution in [2.24, 2.45) is 0 Å². The first-order valence-electron chi connectivity index (χ1n) is 5.58. The number of hydrogen-bond acceptors (Lipinski definition) is 4. The lowest BCUT2D eigenvalue weighted by molar-refractivity contribution is -0.114.